The fourth-order valence-corrected chi connectivity index (χ4v) is 6.34. The predicted molar refractivity (Wildman–Crippen MR) is 201 cm³/mol. The Morgan fingerprint density at radius 1 is 0.827 bits per heavy atom. The summed E-state index contributed by atoms with van der Waals surface area (Å²) in [6, 6.07) is 23.5. The average Bonchev–Trinajstić information content (AvgIpc) is 3.47. The number of aliphatic hydroxyl groups is 1. The monoisotopic (exact) mass is 709 g/mol. The maximum absolute atomic E-state index is 13.4. The van der Waals surface area contributed by atoms with Crippen molar-refractivity contribution in [2.75, 3.05) is 19.8 Å². The molecule has 3 aromatic carbocycles. The summed E-state index contributed by atoms with van der Waals surface area (Å²) in [6.45, 7) is 11.0. The molecule has 0 radical (unpaired) electrons. The molecule has 1 aliphatic rings. The summed E-state index contributed by atoms with van der Waals surface area (Å²) >= 11 is 0. The molecule has 0 saturated carbocycles. The van der Waals surface area contributed by atoms with Crippen LogP contribution in [0, 0.1) is 11.8 Å². The molecular weight excluding hydrogens is 658 g/mol. The number of aliphatic hydroxyl groups excluding tert-OH is 1. The molecule has 0 bridgehead atoms. The summed E-state index contributed by atoms with van der Waals surface area (Å²) in [5, 5.41) is 18.3. The number of carbonyl (C=O) groups excluding carboxylic acids is 4. The molecule has 3 amide bonds. The van der Waals surface area contributed by atoms with Gasteiger partial charge in [0, 0.05) is 12.3 Å². The molecule has 276 valence electrons. The maximum atomic E-state index is 13.4. The van der Waals surface area contributed by atoms with Crippen LogP contribution in [0.15, 0.2) is 104 Å². The van der Waals surface area contributed by atoms with E-state index in [0.29, 0.717) is 12.8 Å². The zero-order valence-electron chi connectivity index (χ0n) is 30.1. The van der Waals surface area contributed by atoms with Gasteiger partial charge in [0.1, 0.15) is 19.3 Å². The lowest BCUT2D eigenvalue weighted by atomic mass is 9.97. The molecule has 0 heterocycles. The van der Waals surface area contributed by atoms with Gasteiger partial charge < -0.3 is 30.5 Å². The van der Waals surface area contributed by atoms with Crippen LogP contribution in [0.4, 0.5) is 4.79 Å². The lowest BCUT2D eigenvalue weighted by Crippen LogP contribution is -2.48. The number of benzene rings is 3. The zero-order valence-corrected chi connectivity index (χ0v) is 30.1. The fourth-order valence-electron chi connectivity index (χ4n) is 6.34. The minimum Gasteiger partial charge on any atom is -0.462 e. The van der Waals surface area contributed by atoms with Crippen molar-refractivity contribution in [2.45, 2.75) is 70.0 Å². The first kappa shape index (κ1) is 39.6. The average molecular weight is 710 g/mol. The molecule has 3 aromatic rings. The molecule has 10 heteroatoms. The number of ether oxygens (including phenoxy) is 2. The highest BCUT2D eigenvalue weighted by Crippen LogP contribution is 2.44. The zero-order chi connectivity index (χ0) is 37.5. The summed E-state index contributed by atoms with van der Waals surface area (Å²) < 4.78 is 11.3. The molecule has 1 aliphatic carbocycles. The second-order valence-corrected chi connectivity index (χ2v) is 13.4. The summed E-state index contributed by atoms with van der Waals surface area (Å²) in [5.41, 5.74) is 5.35. The van der Waals surface area contributed by atoms with Gasteiger partial charge in [-0.1, -0.05) is 105 Å². The van der Waals surface area contributed by atoms with E-state index < -0.39 is 36.1 Å². The van der Waals surface area contributed by atoms with Crippen LogP contribution < -0.4 is 16.0 Å². The first-order valence-corrected chi connectivity index (χ1v) is 17.9. The molecule has 4 N–H and O–H groups in total. The van der Waals surface area contributed by atoms with E-state index in [2.05, 4.69) is 41.2 Å². The van der Waals surface area contributed by atoms with E-state index in [1.165, 1.54) is 0 Å². The van der Waals surface area contributed by atoms with Gasteiger partial charge in [0.05, 0.1) is 24.6 Å². The lowest BCUT2D eigenvalue weighted by Gasteiger charge is -2.26. The standard InChI is InChI=1S/C42H51N3O7/c1-5-7-22-37(45-42(50)52-26-36-34-20-13-11-18-32(34)33-19-12-14-21-35(33)36)41(49)51-27-38(28(3)4)44-40(48)30(15-6-2)24-39(47)43-31(25-46)23-29-16-9-8-10-17-29/h5-6,8-14,16-21,28,30-31,36-38,46H,1-2,7,15,22-27H2,3-4H3,(H,43,47)(H,44,48)(H,45,50)/t30-,31+,37-,38+/m0/s1. The highest BCUT2D eigenvalue weighted by atomic mass is 16.6. The molecule has 4 rings (SSSR count). The Labute approximate surface area is 306 Å². The van der Waals surface area contributed by atoms with Crippen molar-refractivity contribution in [3.05, 3.63) is 121 Å². The van der Waals surface area contributed by atoms with Crippen LogP contribution in [0.3, 0.4) is 0 Å². The number of hydrogen-bond donors (Lipinski definition) is 4. The number of rotatable bonds is 20. The normalized spacial score (nSPS) is 14.2. The van der Waals surface area contributed by atoms with Gasteiger partial charge in [0.25, 0.3) is 0 Å². The molecule has 10 nitrogen and oxygen atoms in total. The van der Waals surface area contributed by atoms with Crippen molar-refractivity contribution in [1.82, 2.24) is 16.0 Å². The van der Waals surface area contributed by atoms with Gasteiger partial charge in [-0.05, 0) is 59.4 Å². The van der Waals surface area contributed by atoms with E-state index in [0.717, 1.165) is 27.8 Å². The number of nitrogens with one attached hydrogen (secondary N) is 3. The summed E-state index contributed by atoms with van der Waals surface area (Å²) in [4.78, 5) is 52.7. The third-order valence-electron chi connectivity index (χ3n) is 9.28. The molecule has 0 aliphatic heterocycles. The van der Waals surface area contributed by atoms with Gasteiger partial charge in [-0.3, -0.25) is 9.59 Å². The van der Waals surface area contributed by atoms with Gasteiger partial charge in [0.15, 0.2) is 0 Å². The first-order valence-electron chi connectivity index (χ1n) is 17.9. The summed E-state index contributed by atoms with van der Waals surface area (Å²) in [7, 11) is 0. The van der Waals surface area contributed by atoms with Gasteiger partial charge in [-0.25, -0.2) is 9.59 Å². The fraction of sp³-hybridized carbons (Fsp3) is 0.381. The quantitative estimate of drug-likeness (QED) is 0.0852. The lowest BCUT2D eigenvalue weighted by molar-refractivity contribution is -0.148. The Balaban J connectivity index is 1.31. The minimum atomic E-state index is -0.996. The van der Waals surface area contributed by atoms with E-state index in [-0.39, 0.29) is 62.7 Å². The SMILES string of the molecule is C=CCC[C@H](NC(=O)OCC1c2ccccc2-c2ccccc21)C(=O)OC[C@@H](NC(=O)[C@@H](CC=C)CC(=O)N[C@@H](CO)Cc1ccccc1)C(C)C. The Bertz CT molecular complexity index is 1630. The van der Waals surface area contributed by atoms with Crippen LogP contribution in [0.2, 0.25) is 0 Å². The van der Waals surface area contributed by atoms with Crippen molar-refractivity contribution >= 4 is 23.9 Å². The Morgan fingerprint density at radius 2 is 1.46 bits per heavy atom. The van der Waals surface area contributed by atoms with Crippen LogP contribution >= 0.6 is 0 Å². The maximum Gasteiger partial charge on any atom is 0.407 e. The number of esters is 1. The number of carbonyl (C=O) groups is 4. The largest absolute Gasteiger partial charge is 0.462 e. The van der Waals surface area contributed by atoms with Crippen molar-refractivity contribution in [3.8, 4) is 11.1 Å². The van der Waals surface area contributed by atoms with Crippen LogP contribution in [0.5, 0.6) is 0 Å². The first-order chi connectivity index (χ1) is 25.1. The summed E-state index contributed by atoms with van der Waals surface area (Å²) in [6.07, 6.45) is 3.78. The molecule has 0 unspecified atom stereocenters. The number of allylic oxidation sites excluding steroid dienone is 2. The molecule has 4 atom stereocenters. The Kier molecular flexibility index (Phi) is 15.2. The van der Waals surface area contributed by atoms with Crippen molar-refractivity contribution in [3.63, 3.8) is 0 Å². The number of alkyl carbamates (subject to hydrolysis) is 1. The van der Waals surface area contributed by atoms with Gasteiger partial charge in [-0.15, -0.1) is 13.2 Å². The second-order valence-electron chi connectivity index (χ2n) is 13.4. The molecule has 0 saturated heterocycles. The van der Waals surface area contributed by atoms with Crippen LogP contribution in [0.25, 0.3) is 11.1 Å². The van der Waals surface area contributed by atoms with Gasteiger partial charge in [0.2, 0.25) is 11.8 Å². The Hall–Kier alpha value is -5.22. The van der Waals surface area contributed by atoms with E-state index in [1.807, 2.05) is 80.6 Å². The third-order valence-corrected chi connectivity index (χ3v) is 9.28. The topological polar surface area (TPSA) is 143 Å². The predicted octanol–water partition coefficient (Wildman–Crippen LogP) is 5.85. The molecule has 52 heavy (non-hydrogen) atoms. The van der Waals surface area contributed by atoms with Crippen molar-refractivity contribution in [1.29, 1.82) is 0 Å². The van der Waals surface area contributed by atoms with Crippen LogP contribution in [-0.4, -0.2) is 66.9 Å². The van der Waals surface area contributed by atoms with E-state index in [1.54, 1.807) is 12.2 Å². The van der Waals surface area contributed by atoms with Gasteiger partial charge in [-0.2, -0.15) is 0 Å². The third kappa shape index (κ3) is 11.1. The van der Waals surface area contributed by atoms with E-state index in [4.69, 9.17) is 9.47 Å². The number of fused-ring (bicyclic) bond motifs is 3. The second kappa shape index (κ2) is 20.0. The van der Waals surface area contributed by atoms with Crippen LogP contribution in [0.1, 0.15) is 62.1 Å². The Morgan fingerprint density at radius 3 is 2.06 bits per heavy atom. The number of hydrogen-bond acceptors (Lipinski definition) is 7. The van der Waals surface area contributed by atoms with E-state index in [9.17, 15) is 24.3 Å². The molecular formula is C42H51N3O7. The van der Waals surface area contributed by atoms with Crippen LogP contribution in [-0.2, 0) is 30.3 Å². The highest BCUT2D eigenvalue weighted by Gasteiger charge is 2.31. The smallest absolute Gasteiger partial charge is 0.407 e. The van der Waals surface area contributed by atoms with Crippen molar-refractivity contribution < 1.29 is 33.8 Å². The highest BCUT2D eigenvalue weighted by molar-refractivity contribution is 5.86. The summed E-state index contributed by atoms with van der Waals surface area (Å²) in [5.74, 6) is -2.39. The molecule has 0 fully saturated rings. The van der Waals surface area contributed by atoms with Gasteiger partial charge >= 0.3 is 12.1 Å². The minimum absolute atomic E-state index is 0.0993. The van der Waals surface area contributed by atoms with E-state index >= 15 is 0 Å². The molecule has 0 spiro atoms. The number of amides is 3. The molecule has 0 aromatic heterocycles. The van der Waals surface area contributed by atoms with Crippen molar-refractivity contribution in [2.24, 2.45) is 11.8 Å².